The summed E-state index contributed by atoms with van der Waals surface area (Å²) in [5, 5.41) is 52.7. The molecule has 4 aliphatic rings. The number of allylic oxidation sites excluding steroid dienone is 2. The molecule has 0 saturated carbocycles. The number of nitrogens with zero attached hydrogens (tertiary/aromatic N) is 2. The third-order valence-corrected chi connectivity index (χ3v) is 12.9. The van der Waals surface area contributed by atoms with Crippen LogP contribution in [-0.4, -0.2) is 118 Å². The van der Waals surface area contributed by atoms with Gasteiger partial charge in [0.1, 0.15) is 23.4 Å². The molecule has 2 aromatic carbocycles. The first-order valence-electron chi connectivity index (χ1n) is 22.3. The number of unbranched alkanes of at least 4 members (excludes halogenated alkanes) is 1. The number of phenols is 2. The van der Waals surface area contributed by atoms with Crippen molar-refractivity contribution in [2.45, 2.75) is 125 Å². The molecule has 352 valence electrons. The molecular formula is C48H67N3O13. The van der Waals surface area contributed by atoms with Crippen LogP contribution in [0.2, 0.25) is 0 Å². The molecule has 2 amide bonds. The summed E-state index contributed by atoms with van der Waals surface area (Å²) in [5.74, 6) is -7.94. The summed E-state index contributed by atoms with van der Waals surface area (Å²) < 4.78 is 30.1. The van der Waals surface area contributed by atoms with Crippen molar-refractivity contribution in [1.82, 2.24) is 10.0 Å². The molecule has 0 aliphatic carbocycles. The number of ether oxygens (including phenoxy) is 5. The minimum Gasteiger partial charge on any atom is -0.507 e. The van der Waals surface area contributed by atoms with Gasteiger partial charge in [0.2, 0.25) is 0 Å². The summed E-state index contributed by atoms with van der Waals surface area (Å²) in [7, 11) is 1.45. The van der Waals surface area contributed by atoms with Gasteiger partial charge in [0.05, 0.1) is 41.2 Å². The molecule has 2 aromatic rings. The Balaban J connectivity index is 1.66. The van der Waals surface area contributed by atoms with Crippen molar-refractivity contribution in [1.29, 1.82) is 0 Å². The van der Waals surface area contributed by atoms with Gasteiger partial charge in [-0.25, -0.2) is 5.01 Å². The number of hydrogen-bond acceptors (Lipinski definition) is 14. The molecule has 5 bridgehead atoms. The maximum absolute atomic E-state index is 14.7. The van der Waals surface area contributed by atoms with E-state index in [-0.39, 0.29) is 50.6 Å². The normalized spacial score (nSPS) is 29.3. The average Bonchev–Trinajstić information content (AvgIpc) is 3.54. The summed E-state index contributed by atoms with van der Waals surface area (Å²) in [6, 6.07) is 1.30. The number of ketones is 1. The number of anilines is 1. The molecule has 5 N–H and O–H groups in total. The second-order valence-electron chi connectivity index (χ2n) is 17.6. The summed E-state index contributed by atoms with van der Waals surface area (Å²) in [6.07, 6.45) is 8.23. The lowest BCUT2D eigenvalue weighted by Crippen LogP contribution is -2.50. The van der Waals surface area contributed by atoms with Crippen LogP contribution in [0.25, 0.3) is 10.8 Å². The number of carbonyl (C=O) groups excluding carboxylic acids is 4. The Labute approximate surface area is 375 Å². The summed E-state index contributed by atoms with van der Waals surface area (Å²) >= 11 is 0. The fourth-order valence-corrected chi connectivity index (χ4v) is 8.81. The zero-order valence-corrected chi connectivity index (χ0v) is 38.8. The van der Waals surface area contributed by atoms with E-state index in [0.717, 1.165) is 32.1 Å². The number of phenolic OH excluding ortho intramolecular Hbond substituents is 2. The second-order valence-corrected chi connectivity index (χ2v) is 17.6. The van der Waals surface area contributed by atoms with Gasteiger partial charge in [-0.1, -0.05) is 65.7 Å². The number of Topliss-reactive ketones (excluding diaryl/α,β-unsaturated/α-hetero) is 1. The minimum absolute atomic E-state index is 0.0489. The standard InChI is InChI=1S/C48H67N3O13/c1-11-12-22-51(50-20-14-13-15-21-50)36(53)25-61-35-24-33-43(57)38-37(35)39-45(31(7)42(38)56)64-48(9,46(39)58)62-23-19-34(60-10)28(4)44(63-32(8)52)30(6)41(55)29(5)40(54)26(2)17-16-18-27(3)47(59)49-33/h16-19,23-24,26,28-30,34,40-41,44,54-57H,11-15,20-22,25H2,1-10H3,(H,49,59)/b17-16+,23-19+,27-18?. The van der Waals surface area contributed by atoms with Gasteiger partial charge in [-0.2, -0.15) is 0 Å². The number of rotatable bonds is 9. The number of piperidine rings is 1. The number of benzene rings is 2. The predicted octanol–water partition coefficient (Wildman–Crippen LogP) is 6.46. The number of amides is 2. The number of carbonyl (C=O) groups is 4. The second kappa shape index (κ2) is 21.2. The molecular weight excluding hydrogens is 827 g/mol. The fraction of sp³-hybridized carbons (Fsp3) is 0.583. The quantitative estimate of drug-likeness (QED) is 0.135. The highest BCUT2D eigenvalue weighted by atomic mass is 16.7. The first kappa shape index (κ1) is 49.8. The van der Waals surface area contributed by atoms with Gasteiger partial charge < -0.3 is 49.4 Å². The lowest BCUT2D eigenvalue weighted by atomic mass is 9.78. The molecule has 0 spiro atoms. The highest BCUT2D eigenvalue weighted by molar-refractivity contribution is 6.21. The van der Waals surface area contributed by atoms with Crippen LogP contribution in [-0.2, 0) is 28.6 Å². The highest BCUT2D eigenvalue weighted by Gasteiger charge is 2.50. The Morgan fingerprint density at radius 1 is 0.969 bits per heavy atom. The van der Waals surface area contributed by atoms with Gasteiger partial charge in [-0.15, -0.1) is 0 Å². The molecule has 1 saturated heterocycles. The number of nitrogens with one attached hydrogen (secondary N) is 1. The molecule has 4 aliphatic heterocycles. The highest BCUT2D eigenvalue weighted by Crippen LogP contribution is 2.54. The van der Waals surface area contributed by atoms with Gasteiger partial charge in [-0.05, 0) is 39.2 Å². The van der Waals surface area contributed by atoms with Crippen LogP contribution in [0.5, 0.6) is 23.0 Å². The zero-order chi connectivity index (χ0) is 47.2. The van der Waals surface area contributed by atoms with E-state index >= 15 is 0 Å². The number of esters is 1. The molecule has 16 heteroatoms. The average molecular weight is 894 g/mol. The lowest BCUT2D eigenvalue weighted by Gasteiger charge is -2.38. The Morgan fingerprint density at radius 2 is 1.66 bits per heavy atom. The Morgan fingerprint density at radius 3 is 2.30 bits per heavy atom. The van der Waals surface area contributed by atoms with Crippen molar-refractivity contribution in [3.8, 4) is 23.0 Å². The monoisotopic (exact) mass is 893 g/mol. The third-order valence-electron chi connectivity index (χ3n) is 12.9. The Bertz CT molecular complexity index is 2150. The molecule has 6 rings (SSSR count). The smallest absolute Gasteiger partial charge is 0.312 e. The number of hydrazine groups is 1. The van der Waals surface area contributed by atoms with E-state index in [4.69, 9.17) is 23.7 Å². The van der Waals surface area contributed by atoms with Gasteiger partial charge >= 0.3 is 11.8 Å². The largest absolute Gasteiger partial charge is 0.507 e. The Kier molecular flexibility index (Phi) is 16.5. The number of aromatic hydroxyl groups is 2. The number of hydrogen-bond donors (Lipinski definition) is 5. The van der Waals surface area contributed by atoms with E-state index in [9.17, 15) is 39.6 Å². The molecule has 4 heterocycles. The third kappa shape index (κ3) is 10.5. The number of methoxy groups -OCH3 is 1. The maximum Gasteiger partial charge on any atom is 0.312 e. The van der Waals surface area contributed by atoms with E-state index < -0.39 is 89.6 Å². The van der Waals surface area contributed by atoms with Crippen LogP contribution in [0.3, 0.4) is 0 Å². The van der Waals surface area contributed by atoms with Crippen LogP contribution in [0.4, 0.5) is 5.69 Å². The van der Waals surface area contributed by atoms with E-state index in [1.54, 1.807) is 51.8 Å². The molecule has 9 unspecified atom stereocenters. The zero-order valence-electron chi connectivity index (χ0n) is 38.8. The van der Waals surface area contributed by atoms with Crippen molar-refractivity contribution < 1.29 is 63.3 Å². The summed E-state index contributed by atoms with van der Waals surface area (Å²) in [6.45, 7) is 16.1. The van der Waals surface area contributed by atoms with E-state index in [1.807, 2.05) is 11.9 Å². The minimum atomic E-state index is -2.03. The SMILES string of the molecule is CCCCN(C(=O)COc1cc2c(O)c3c(O)c(C)c4c(c13)C(=O)C(C)(O/C=C/C(OC)C(C)C(OC(C)=O)C(C)C(O)C(C)C(O)C(C)/C=C/C=C(C)C(=O)N2)O4)N1CCCCC1. The van der Waals surface area contributed by atoms with Gasteiger partial charge in [0.25, 0.3) is 17.6 Å². The summed E-state index contributed by atoms with van der Waals surface area (Å²) in [5.41, 5.74) is 0.0250. The van der Waals surface area contributed by atoms with Crippen molar-refractivity contribution in [2.24, 2.45) is 23.7 Å². The topological polar surface area (TPSA) is 214 Å². The van der Waals surface area contributed by atoms with Crippen molar-refractivity contribution in [3.05, 3.63) is 53.3 Å². The first-order chi connectivity index (χ1) is 30.3. The molecule has 0 radical (unpaired) electrons. The van der Waals surface area contributed by atoms with Gasteiger partial charge in [-0.3, -0.25) is 24.2 Å². The molecule has 16 nitrogen and oxygen atoms in total. The summed E-state index contributed by atoms with van der Waals surface area (Å²) in [4.78, 5) is 54.8. The van der Waals surface area contributed by atoms with E-state index in [0.29, 0.717) is 19.6 Å². The first-order valence-corrected chi connectivity index (χ1v) is 22.3. The number of aliphatic hydroxyl groups is 2. The Hall–Kier alpha value is -5.16. The molecule has 64 heavy (non-hydrogen) atoms. The van der Waals surface area contributed by atoms with Crippen LogP contribution in [0.1, 0.15) is 103 Å². The molecule has 9 atom stereocenters. The van der Waals surface area contributed by atoms with Crippen molar-refractivity contribution in [3.63, 3.8) is 0 Å². The lowest BCUT2D eigenvalue weighted by molar-refractivity contribution is -0.160. The van der Waals surface area contributed by atoms with Gasteiger partial charge in [0.15, 0.2) is 12.4 Å². The van der Waals surface area contributed by atoms with Crippen molar-refractivity contribution in [2.75, 3.05) is 38.7 Å². The fourth-order valence-electron chi connectivity index (χ4n) is 8.81. The van der Waals surface area contributed by atoms with Gasteiger partial charge in [0, 0.05) is 86.9 Å². The van der Waals surface area contributed by atoms with Crippen LogP contribution < -0.4 is 14.8 Å². The molecule has 1 fully saturated rings. The van der Waals surface area contributed by atoms with E-state index in [1.165, 1.54) is 52.4 Å². The molecule has 0 aromatic heterocycles. The number of fused-ring (bicyclic) bond motifs is 14. The maximum atomic E-state index is 14.7. The van der Waals surface area contributed by atoms with Crippen LogP contribution in [0, 0.1) is 30.6 Å². The number of aliphatic hydroxyl groups excluding tert-OH is 2. The van der Waals surface area contributed by atoms with Crippen LogP contribution in [0.15, 0.2) is 42.2 Å². The van der Waals surface area contributed by atoms with Crippen LogP contribution >= 0.6 is 0 Å². The van der Waals surface area contributed by atoms with Crippen molar-refractivity contribution >= 4 is 40.0 Å². The predicted molar refractivity (Wildman–Crippen MR) is 240 cm³/mol. The van der Waals surface area contributed by atoms with E-state index in [2.05, 4.69) is 5.32 Å².